The summed E-state index contributed by atoms with van der Waals surface area (Å²) >= 11 is 0. The number of carbonyl (C=O) groups is 2. The Morgan fingerprint density at radius 2 is 2.07 bits per heavy atom. The van der Waals surface area contributed by atoms with E-state index in [2.05, 4.69) is 10.3 Å². The summed E-state index contributed by atoms with van der Waals surface area (Å²) in [5.41, 5.74) is 2.77. The zero-order valence-corrected chi connectivity index (χ0v) is 16.3. The third-order valence-electron chi connectivity index (χ3n) is 4.84. The van der Waals surface area contributed by atoms with E-state index < -0.39 is 43.3 Å². The minimum absolute atomic E-state index is 0.302. The predicted molar refractivity (Wildman–Crippen MR) is 107 cm³/mol. The molecule has 0 radical (unpaired) electrons. The number of rotatable bonds is 5. The lowest BCUT2D eigenvalue weighted by atomic mass is 10.0. The second-order valence-electron chi connectivity index (χ2n) is 7.07. The zero-order valence-electron chi connectivity index (χ0n) is 16.3. The van der Waals surface area contributed by atoms with E-state index in [1.807, 2.05) is 43.3 Å². The van der Waals surface area contributed by atoms with Crippen LogP contribution in [0.4, 0.5) is 8.78 Å². The summed E-state index contributed by atoms with van der Waals surface area (Å²) in [4.78, 5) is 29.8. The Bertz CT molecular complexity index is 1020. The quantitative estimate of drug-likeness (QED) is 0.821. The maximum Gasteiger partial charge on any atom is 0.268 e. The number of pyridine rings is 1. The number of alkyl halides is 2. The van der Waals surface area contributed by atoms with Gasteiger partial charge in [-0.05, 0) is 30.2 Å². The number of allylic oxidation sites excluding steroid dienone is 1. The first kappa shape index (κ1) is 21.1. The van der Waals surface area contributed by atoms with Crippen molar-refractivity contribution < 1.29 is 18.4 Å². The van der Waals surface area contributed by atoms with E-state index in [1.165, 1.54) is 18.5 Å². The number of nitrogens with zero attached hydrogens (tertiary/aromatic N) is 3. The van der Waals surface area contributed by atoms with Gasteiger partial charge in [0, 0.05) is 29.9 Å². The summed E-state index contributed by atoms with van der Waals surface area (Å²) in [7, 11) is 0. The van der Waals surface area contributed by atoms with E-state index in [4.69, 9.17) is 5.26 Å². The molecule has 1 fully saturated rings. The molecule has 2 amide bonds. The minimum Gasteiger partial charge on any atom is -0.343 e. The van der Waals surface area contributed by atoms with Crippen molar-refractivity contribution >= 4 is 23.5 Å². The van der Waals surface area contributed by atoms with Crippen LogP contribution in [0.25, 0.3) is 11.6 Å². The lowest BCUT2D eigenvalue weighted by Gasteiger charge is -2.19. The van der Waals surface area contributed by atoms with Gasteiger partial charge in [-0.1, -0.05) is 30.3 Å². The van der Waals surface area contributed by atoms with Crippen LogP contribution in [0.5, 0.6) is 0 Å². The van der Waals surface area contributed by atoms with Crippen molar-refractivity contribution in [2.45, 2.75) is 25.3 Å². The number of hydrogen-bond donors (Lipinski definition) is 1. The van der Waals surface area contributed by atoms with E-state index in [0.29, 0.717) is 11.1 Å². The van der Waals surface area contributed by atoms with Crippen LogP contribution in [0.3, 0.4) is 0 Å². The van der Waals surface area contributed by atoms with Crippen molar-refractivity contribution in [1.29, 1.82) is 5.26 Å². The molecule has 1 aromatic heterocycles. The molecule has 0 aliphatic carbocycles. The Hall–Kier alpha value is -3.60. The van der Waals surface area contributed by atoms with Crippen molar-refractivity contribution in [1.82, 2.24) is 15.2 Å². The van der Waals surface area contributed by atoms with Gasteiger partial charge in [0.15, 0.2) is 0 Å². The van der Waals surface area contributed by atoms with Gasteiger partial charge in [-0.2, -0.15) is 5.26 Å². The zero-order chi connectivity index (χ0) is 21.7. The van der Waals surface area contributed by atoms with Crippen molar-refractivity contribution in [3.8, 4) is 6.07 Å². The molecule has 1 aliphatic heterocycles. The molecular weight excluding hydrogens is 390 g/mol. The lowest BCUT2D eigenvalue weighted by molar-refractivity contribution is -0.131. The van der Waals surface area contributed by atoms with Gasteiger partial charge in [0.25, 0.3) is 11.8 Å². The first-order chi connectivity index (χ1) is 14.3. The van der Waals surface area contributed by atoms with Crippen LogP contribution in [0.1, 0.15) is 34.8 Å². The molecule has 0 saturated carbocycles. The third-order valence-corrected chi connectivity index (χ3v) is 4.84. The maximum absolute atomic E-state index is 13.5. The highest BCUT2D eigenvalue weighted by atomic mass is 19.3. The highest BCUT2D eigenvalue weighted by Crippen LogP contribution is 2.31. The van der Waals surface area contributed by atoms with Gasteiger partial charge in [-0.15, -0.1) is 0 Å². The van der Waals surface area contributed by atoms with Gasteiger partial charge in [0.2, 0.25) is 5.91 Å². The van der Waals surface area contributed by atoms with Gasteiger partial charge in [-0.3, -0.25) is 14.6 Å². The Labute approximate surface area is 172 Å². The predicted octanol–water partition coefficient (Wildman–Crippen LogP) is 3.13. The second kappa shape index (κ2) is 8.82. The first-order valence-electron chi connectivity index (χ1n) is 9.33. The van der Waals surface area contributed by atoms with Crippen molar-refractivity contribution in [3.63, 3.8) is 0 Å². The van der Waals surface area contributed by atoms with Crippen LogP contribution >= 0.6 is 0 Å². The van der Waals surface area contributed by atoms with Crippen molar-refractivity contribution in [3.05, 3.63) is 65.5 Å². The molecule has 0 bridgehead atoms. The molecule has 0 spiro atoms. The minimum atomic E-state index is -3.10. The molecule has 6 nitrogen and oxygen atoms in total. The molecule has 1 N–H and O–H groups in total. The average Bonchev–Trinajstić information content (AvgIpc) is 3.07. The van der Waals surface area contributed by atoms with E-state index >= 15 is 0 Å². The van der Waals surface area contributed by atoms with Crippen LogP contribution in [0, 0.1) is 11.3 Å². The van der Waals surface area contributed by atoms with Crippen LogP contribution in [-0.4, -0.2) is 46.8 Å². The number of nitriles is 1. The molecule has 1 aromatic carbocycles. The first-order valence-corrected chi connectivity index (χ1v) is 9.33. The molecule has 2 aromatic rings. The second-order valence-corrected chi connectivity index (χ2v) is 7.07. The SMILES string of the molecule is CC(=Cc1cnccc1C(=O)NCC(=O)N1CC(F)(F)CC1C#N)c1ccccc1. The van der Waals surface area contributed by atoms with Crippen molar-refractivity contribution in [2.75, 3.05) is 13.1 Å². The summed E-state index contributed by atoms with van der Waals surface area (Å²) in [6.07, 6.45) is 4.11. The Morgan fingerprint density at radius 3 is 2.77 bits per heavy atom. The standard InChI is InChI=1S/C22H20F2N4O2/c1-15(16-5-3-2-4-6-16)9-17-12-26-8-7-19(17)21(30)27-13-20(29)28-14-22(23,24)10-18(28)11-25/h2-9,12,18H,10,13-14H2,1H3,(H,27,30). The number of halogens is 2. The molecular formula is C22H20F2N4O2. The van der Waals surface area contributed by atoms with E-state index in [-0.39, 0.29) is 0 Å². The Morgan fingerprint density at radius 1 is 1.33 bits per heavy atom. The number of likely N-dealkylation sites (tertiary alicyclic amines) is 1. The molecule has 30 heavy (non-hydrogen) atoms. The summed E-state index contributed by atoms with van der Waals surface area (Å²) in [5.74, 6) is -4.35. The van der Waals surface area contributed by atoms with E-state index in [0.717, 1.165) is 16.0 Å². The Kier molecular flexibility index (Phi) is 6.21. The van der Waals surface area contributed by atoms with Crippen LogP contribution in [-0.2, 0) is 4.79 Å². The highest BCUT2D eigenvalue weighted by molar-refractivity contribution is 6.00. The number of benzene rings is 1. The number of amides is 2. The van der Waals surface area contributed by atoms with Gasteiger partial charge >= 0.3 is 0 Å². The molecule has 1 aliphatic rings. The number of aromatic nitrogens is 1. The van der Waals surface area contributed by atoms with Gasteiger partial charge < -0.3 is 10.2 Å². The summed E-state index contributed by atoms with van der Waals surface area (Å²) in [6, 6.07) is 11.6. The monoisotopic (exact) mass is 410 g/mol. The largest absolute Gasteiger partial charge is 0.343 e. The summed E-state index contributed by atoms with van der Waals surface area (Å²) < 4.78 is 27.0. The molecule has 1 unspecified atom stereocenters. The maximum atomic E-state index is 13.5. The average molecular weight is 410 g/mol. The van der Waals surface area contributed by atoms with E-state index in [1.54, 1.807) is 6.07 Å². The molecule has 1 atom stereocenters. The number of nitrogens with one attached hydrogen (secondary N) is 1. The smallest absolute Gasteiger partial charge is 0.268 e. The fraction of sp³-hybridized carbons (Fsp3) is 0.273. The normalized spacial score (nSPS) is 18.0. The molecule has 1 saturated heterocycles. The summed E-state index contributed by atoms with van der Waals surface area (Å²) in [5, 5.41) is 11.5. The summed E-state index contributed by atoms with van der Waals surface area (Å²) in [6.45, 7) is 0.610. The van der Waals surface area contributed by atoms with Crippen LogP contribution in [0.2, 0.25) is 0 Å². The Balaban J connectivity index is 1.71. The van der Waals surface area contributed by atoms with E-state index in [9.17, 15) is 18.4 Å². The number of hydrogen-bond acceptors (Lipinski definition) is 4. The van der Waals surface area contributed by atoms with Gasteiger partial charge in [-0.25, -0.2) is 8.78 Å². The van der Waals surface area contributed by atoms with Crippen molar-refractivity contribution in [2.24, 2.45) is 0 Å². The third kappa shape index (κ3) is 4.87. The highest BCUT2D eigenvalue weighted by Gasteiger charge is 2.47. The van der Waals surface area contributed by atoms with Gasteiger partial charge in [0.05, 0.1) is 19.2 Å². The molecule has 2 heterocycles. The van der Waals surface area contributed by atoms with Crippen LogP contribution < -0.4 is 5.32 Å². The fourth-order valence-corrected chi connectivity index (χ4v) is 3.29. The van der Waals surface area contributed by atoms with Crippen LogP contribution in [0.15, 0.2) is 48.8 Å². The number of carbonyl (C=O) groups excluding carboxylic acids is 2. The topological polar surface area (TPSA) is 86.1 Å². The van der Waals surface area contributed by atoms with Gasteiger partial charge in [0.1, 0.15) is 6.04 Å². The molecule has 154 valence electrons. The molecule has 3 rings (SSSR count). The molecule has 8 heteroatoms. The lowest BCUT2D eigenvalue weighted by Crippen LogP contribution is -2.43. The fourth-order valence-electron chi connectivity index (χ4n) is 3.29.